The molecule has 0 saturated carbocycles. The third-order valence-electron chi connectivity index (χ3n) is 3.30. The molecule has 0 unspecified atom stereocenters. The molecule has 2 aromatic carbocycles. The number of carbonyl (C=O) groups is 1. The molecule has 2 aromatic rings. The first-order chi connectivity index (χ1) is 11.5. The molecule has 0 aliphatic heterocycles. The summed E-state index contributed by atoms with van der Waals surface area (Å²) in [7, 11) is 0. The monoisotopic (exact) mass is 495 g/mol. The van der Waals surface area contributed by atoms with Crippen LogP contribution in [0.2, 0.25) is 0 Å². The lowest BCUT2D eigenvalue weighted by atomic mass is 10.2. The largest absolute Gasteiger partial charge is 0.386 e. The van der Waals surface area contributed by atoms with Crippen LogP contribution in [0.25, 0.3) is 0 Å². The molecule has 0 aromatic heterocycles. The Morgan fingerprint density at radius 3 is 2.75 bits per heavy atom. The van der Waals surface area contributed by atoms with Gasteiger partial charge in [0.25, 0.3) is 5.91 Å². The summed E-state index contributed by atoms with van der Waals surface area (Å²) >= 11 is 5.67. The fourth-order valence-electron chi connectivity index (χ4n) is 2.01. The number of nitrogens with zero attached hydrogens (tertiary/aromatic N) is 1. The first kappa shape index (κ1) is 18.5. The van der Waals surface area contributed by atoms with Crippen LogP contribution in [0.1, 0.15) is 11.1 Å². The predicted octanol–water partition coefficient (Wildman–Crippen LogP) is 4.50. The van der Waals surface area contributed by atoms with Crippen LogP contribution < -0.4 is 10.6 Å². The number of rotatable bonds is 5. The highest BCUT2D eigenvalue weighted by Gasteiger charge is 2.10. The van der Waals surface area contributed by atoms with E-state index in [1.807, 2.05) is 55.5 Å². The Morgan fingerprint density at radius 1 is 1.33 bits per heavy atom. The quantitative estimate of drug-likeness (QED) is 0.364. The van der Waals surface area contributed by atoms with Gasteiger partial charge in [0.2, 0.25) is 0 Å². The van der Waals surface area contributed by atoms with Crippen molar-refractivity contribution in [2.24, 2.45) is 0 Å². The van der Waals surface area contributed by atoms with Gasteiger partial charge in [0.05, 0.1) is 0 Å². The maximum atomic E-state index is 12.2. The van der Waals surface area contributed by atoms with Crippen molar-refractivity contribution in [3.63, 3.8) is 0 Å². The first-order valence-electron chi connectivity index (χ1n) is 7.16. The van der Waals surface area contributed by atoms with Crippen LogP contribution in [0, 0.1) is 21.8 Å². The molecule has 122 valence electrons. The summed E-state index contributed by atoms with van der Waals surface area (Å²) in [5.74, 6) is -0.429. The van der Waals surface area contributed by atoms with E-state index in [0.717, 1.165) is 19.2 Å². The van der Waals surface area contributed by atoms with Gasteiger partial charge in [0, 0.05) is 26.5 Å². The van der Waals surface area contributed by atoms with Gasteiger partial charge in [0.15, 0.2) is 0 Å². The lowest BCUT2D eigenvalue weighted by Gasteiger charge is -2.09. The average molecular weight is 496 g/mol. The van der Waals surface area contributed by atoms with Gasteiger partial charge in [-0.25, -0.2) is 0 Å². The average Bonchev–Trinajstić information content (AvgIpc) is 2.55. The van der Waals surface area contributed by atoms with Gasteiger partial charge < -0.3 is 10.6 Å². The number of carbonyl (C=O) groups excluding carboxylic acids is 1. The van der Waals surface area contributed by atoms with Crippen molar-refractivity contribution in [1.29, 1.82) is 5.26 Å². The molecule has 0 aliphatic carbocycles. The van der Waals surface area contributed by atoms with Crippen LogP contribution in [0.4, 0.5) is 5.69 Å². The minimum Gasteiger partial charge on any atom is -0.386 e. The Balaban J connectivity index is 2.03. The maximum absolute atomic E-state index is 12.2. The van der Waals surface area contributed by atoms with E-state index in [2.05, 4.69) is 49.2 Å². The number of halogens is 2. The third kappa shape index (κ3) is 5.08. The summed E-state index contributed by atoms with van der Waals surface area (Å²) < 4.78 is 2.07. The molecular weight excluding hydrogens is 481 g/mol. The minimum atomic E-state index is -0.429. The van der Waals surface area contributed by atoms with E-state index >= 15 is 0 Å². The van der Waals surface area contributed by atoms with E-state index in [9.17, 15) is 10.1 Å². The highest BCUT2D eigenvalue weighted by Crippen LogP contribution is 2.18. The zero-order valence-electron chi connectivity index (χ0n) is 12.9. The van der Waals surface area contributed by atoms with Gasteiger partial charge >= 0.3 is 0 Å². The molecule has 4 nitrogen and oxygen atoms in total. The number of amides is 1. The predicted molar refractivity (Wildman–Crippen MR) is 107 cm³/mol. The molecule has 24 heavy (non-hydrogen) atoms. The van der Waals surface area contributed by atoms with Gasteiger partial charge in [-0.3, -0.25) is 4.79 Å². The molecule has 0 radical (unpaired) electrons. The second-order valence-electron chi connectivity index (χ2n) is 5.06. The van der Waals surface area contributed by atoms with Crippen LogP contribution in [-0.2, 0) is 11.3 Å². The fraction of sp³-hybridized carbons (Fsp3) is 0.111. The van der Waals surface area contributed by atoms with E-state index in [1.165, 1.54) is 6.20 Å². The molecule has 0 bridgehead atoms. The second-order valence-corrected chi connectivity index (χ2v) is 7.16. The van der Waals surface area contributed by atoms with E-state index < -0.39 is 5.91 Å². The molecule has 0 spiro atoms. The Labute approximate surface area is 163 Å². The topological polar surface area (TPSA) is 64.9 Å². The highest BCUT2D eigenvalue weighted by molar-refractivity contribution is 14.1. The third-order valence-corrected chi connectivity index (χ3v) is 4.74. The lowest BCUT2D eigenvalue weighted by Crippen LogP contribution is -2.17. The number of anilines is 1. The zero-order valence-corrected chi connectivity index (χ0v) is 16.7. The SMILES string of the molecule is Cc1cc(I)ccc1NC(=O)/C(C#N)=C\NCc1ccccc1Br. The number of hydrogen-bond donors (Lipinski definition) is 2. The molecule has 2 N–H and O–H groups in total. The summed E-state index contributed by atoms with van der Waals surface area (Å²) in [4.78, 5) is 12.2. The zero-order chi connectivity index (χ0) is 17.5. The van der Waals surface area contributed by atoms with Crippen molar-refractivity contribution in [3.05, 3.63) is 73.4 Å². The molecule has 0 fully saturated rings. The Bertz CT molecular complexity index is 827. The van der Waals surface area contributed by atoms with Crippen molar-refractivity contribution in [1.82, 2.24) is 5.32 Å². The van der Waals surface area contributed by atoms with Crippen molar-refractivity contribution in [3.8, 4) is 6.07 Å². The number of benzene rings is 2. The molecule has 2 rings (SSSR count). The molecule has 0 aliphatic rings. The van der Waals surface area contributed by atoms with Crippen LogP contribution in [0.3, 0.4) is 0 Å². The number of aryl methyl sites for hydroxylation is 1. The lowest BCUT2D eigenvalue weighted by molar-refractivity contribution is -0.112. The van der Waals surface area contributed by atoms with Crippen molar-refractivity contribution >= 4 is 50.1 Å². The minimum absolute atomic E-state index is 0.0278. The van der Waals surface area contributed by atoms with Gasteiger partial charge in [-0.2, -0.15) is 5.26 Å². The summed E-state index contributed by atoms with van der Waals surface area (Å²) in [5.41, 5.74) is 2.72. The summed E-state index contributed by atoms with van der Waals surface area (Å²) in [6, 6.07) is 15.4. The van der Waals surface area contributed by atoms with Crippen LogP contribution in [-0.4, -0.2) is 5.91 Å². The van der Waals surface area contributed by atoms with Gasteiger partial charge in [-0.05, 0) is 64.9 Å². The van der Waals surface area contributed by atoms with Crippen LogP contribution in [0.15, 0.2) is 58.7 Å². The standard InChI is InChI=1S/C18H15BrIN3O/c1-12-8-15(20)6-7-17(12)23-18(24)14(9-21)11-22-10-13-4-2-3-5-16(13)19/h2-8,11,22H,10H2,1H3,(H,23,24)/b14-11-. The number of nitriles is 1. The Kier molecular flexibility index (Phi) is 6.82. The van der Waals surface area contributed by atoms with Crippen LogP contribution in [0.5, 0.6) is 0 Å². The molecule has 0 saturated heterocycles. The fourth-order valence-corrected chi connectivity index (χ4v) is 3.08. The summed E-state index contributed by atoms with van der Waals surface area (Å²) in [5, 5.41) is 15.0. The van der Waals surface area contributed by atoms with Gasteiger partial charge in [-0.15, -0.1) is 0 Å². The van der Waals surface area contributed by atoms with Crippen LogP contribution >= 0.6 is 38.5 Å². The maximum Gasteiger partial charge on any atom is 0.267 e. The number of nitrogens with one attached hydrogen (secondary N) is 2. The molecular formula is C18H15BrIN3O. The highest BCUT2D eigenvalue weighted by atomic mass is 127. The van der Waals surface area contributed by atoms with E-state index in [0.29, 0.717) is 12.2 Å². The first-order valence-corrected chi connectivity index (χ1v) is 9.03. The van der Waals surface area contributed by atoms with Crippen molar-refractivity contribution in [2.45, 2.75) is 13.5 Å². The molecule has 1 amide bonds. The van der Waals surface area contributed by atoms with Crippen molar-refractivity contribution < 1.29 is 4.79 Å². The Morgan fingerprint density at radius 2 is 2.08 bits per heavy atom. The second kappa shape index (κ2) is 8.85. The van der Waals surface area contributed by atoms with Gasteiger partial charge in [-0.1, -0.05) is 34.1 Å². The van der Waals surface area contributed by atoms with E-state index in [4.69, 9.17) is 0 Å². The molecule has 0 atom stereocenters. The smallest absolute Gasteiger partial charge is 0.267 e. The van der Waals surface area contributed by atoms with Gasteiger partial charge in [0.1, 0.15) is 11.6 Å². The summed E-state index contributed by atoms with van der Waals surface area (Å²) in [6.07, 6.45) is 1.44. The van der Waals surface area contributed by atoms with Crippen molar-refractivity contribution in [2.75, 3.05) is 5.32 Å². The van der Waals surface area contributed by atoms with E-state index in [1.54, 1.807) is 0 Å². The molecule has 6 heteroatoms. The molecule has 0 heterocycles. The summed E-state index contributed by atoms with van der Waals surface area (Å²) in [6.45, 7) is 2.43. The Hall–Kier alpha value is -1.85. The van der Waals surface area contributed by atoms with E-state index in [-0.39, 0.29) is 5.57 Å². The normalized spacial score (nSPS) is 10.8. The number of hydrogen-bond acceptors (Lipinski definition) is 3.